The number of halogens is 2. The molecule has 2 heterocycles. The summed E-state index contributed by atoms with van der Waals surface area (Å²) in [6, 6.07) is 7.52. The van der Waals surface area contributed by atoms with Crippen molar-refractivity contribution in [1.82, 2.24) is 0 Å². The number of cyclic esters (lactones) is 1. The molecule has 3 rings (SSSR count). The molecule has 100 valence electrons. The Morgan fingerprint density at radius 1 is 1.30 bits per heavy atom. The van der Waals surface area contributed by atoms with Gasteiger partial charge >= 0.3 is 5.97 Å². The average molecular weight is 352 g/mol. The Labute approximate surface area is 126 Å². The number of carbonyl (C=O) groups excluding carboxylic acids is 1. The van der Waals surface area contributed by atoms with Gasteiger partial charge in [0, 0.05) is 20.3 Å². The molecule has 0 unspecified atom stereocenters. The number of thiophene rings is 1. The summed E-state index contributed by atoms with van der Waals surface area (Å²) < 4.78 is 18.9. The van der Waals surface area contributed by atoms with E-state index < -0.39 is 5.97 Å². The molecule has 0 bridgehead atoms. The molecule has 1 aromatic carbocycles. The van der Waals surface area contributed by atoms with Crippen LogP contribution in [0.3, 0.4) is 0 Å². The maximum Gasteiger partial charge on any atom is 0.363 e. The lowest BCUT2D eigenvalue weighted by molar-refractivity contribution is -0.129. The minimum absolute atomic E-state index is 0.192. The average Bonchev–Trinajstić information content (AvgIpc) is 2.98. The number of hydrogen-bond acceptors (Lipinski definition) is 4. The van der Waals surface area contributed by atoms with Crippen LogP contribution in [-0.2, 0) is 9.53 Å². The smallest absolute Gasteiger partial charge is 0.363 e. The zero-order valence-corrected chi connectivity index (χ0v) is 12.4. The third-order valence-corrected chi connectivity index (χ3v) is 4.22. The molecule has 0 aliphatic carbocycles. The molecule has 0 atom stereocenters. The first kappa shape index (κ1) is 13.2. The Kier molecular flexibility index (Phi) is 3.50. The number of hydrogen-bond donors (Lipinski definition) is 0. The van der Waals surface area contributed by atoms with E-state index >= 15 is 0 Å². The van der Waals surface area contributed by atoms with Gasteiger partial charge in [-0.1, -0.05) is 0 Å². The normalized spacial score (nSPS) is 16.4. The van der Waals surface area contributed by atoms with E-state index in [0.717, 1.165) is 9.35 Å². The third kappa shape index (κ3) is 2.71. The van der Waals surface area contributed by atoms with Gasteiger partial charge in [0.2, 0.25) is 5.90 Å². The molecule has 20 heavy (non-hydrogen) atoms. The number of benzene rings is 1. The summed E-state index contributed by atoms with van der Waals surface area (Å²) >= 11 is 4.83. The molecule has 1 aliphatic heterocycles. The second kappa shape index (κ2) is 5.30. The molecule has 1 aromatic heterocycles. The molecule has 0 saturated carbocycles. The highest BCUT2D eigenvalue weighted by Gasteiger charge is 2.24. The van der Waals surface area contributed by atoms with Crippen molar-refractivity contribution in [1.29, 1.82) is 0 Å². The summed E-state index contributed by atoms with van der Waals surface area (Å²) in [5.74, 6) is -0.663. The van der Waals surface area contributed by atoms with Gasteiger partial charge in [-0.2, -0.15) is 0 Å². The van der Waals surface area contributed by atoms with Crippen LogP contribution in [0.5, 0.6) is 0 Å². The largest absolute Gasteiger partial charge is 0.402 e. The van der Waals surface area contributed by atoms with Gasteiger partial charge in [-0.05, 0) is 52.3 Å². The fraction of sp³-hybridized carbons (Fsp3) is 0. The summed E-state index contributed by atoms with van der Waals surface area (Å²) in [6.45, 7) is 0. The standard InChI is InChI=1S/C14H7BrFNO2S/c15-9-5-11(20-7-9)6-12-14(18)19-13(17-12)8-1-3-10(16)4-2-8/h1-7H/b12-6-. The van der Waals surface area contributed by atoms with Crippen molar-refractivity contribution in [3.8, 4) is 0 Å². The van der Waals surface area contributed by atoms with Crippen LogP contribution in [0.25, 0.3) is 6.08 Å². The summed E-state index contributed by atoms with van der Waals surface area (Å²) in [7, 11) is 0. The SMILES string of the molecule is O=C1OC(c2ccc(F)cc2)=N/C1=C\c1cc(Br)cs1. The van der Waals surface area contributed by atoms with Crippen LogP contribution in [0.4, 0.5) is 4.39 Å². The second-order valence-corrected chi connectivity index (χ2v) is 5.87. The minimum Gasteiger partial charge on any atom is -0.402 e. The molecule has 2 aromatic rings. The van der Waals surface area contributed by atoms with Gasteiger partial charge in [0.15, 0.2) is 5.70 Å². The van der Waals surface area contributed by atoms with E-state index in [9.17, 15) is 9.18 Å². The predicted molar refractivity (Wildman–Crippen MR) is 79.0 cm³/mol. The Morgan fingerprint density at radius 2 is 2.05 bits per heavy atom. The van der Waals surface area contributed by atoms with Gasteiger partial charge in [-0.3, -0.25) is 0 Å². The molecule has 1 aliphatic rings. The van der Waals surface area contributed by atoms with Gasteiger partial charge in [-0.25, -0.2) is 14.2 Å². The molecule has 0 spiro atoms. The number of nitrogens with zero attached hydrogens (tertiary/aromatic N) is 1. The van der Waals surface area contributed by atoms with Crippen LogP contribution in [0.2, 0.25) is 0 Å². The lowest BCUT2D eigenvalue weighted by Gasteiger charge is -1.98. The van der Waals surface area contributed by atoms with Crippen LogP contribution < -0.4 is 0 Å². The summed E-state index contributed by atoms with van der Waals surface area (Å²) in [5.41, 5.74) is 0.800. The predicted octanol–water partition coefficient (Wildman–Crippen LogP) is 3.99. The van der Waals surface area contributed by atoms with E-state index in [-0.39, 0.29) is 17.4 Å². The fourth-order valence-electron chi connectivity index (χ4n) is 1.66. The van der Waals surface area contributed by atoms with Crippen molar-refractivity contribution in [2.45, 2.75) is 0 Å². The molecule has 0 radical (unpaired) electrons. The van der Waals surface area contributed by atoms with Gasteiger partial charge in [0.25, 0.3) is 0 Å². The first-order chi connectivity index (χ1) is 9.61. The van der Waals surface area contributed by atoms with E-state index in [1.165, 1.54) is 35.6 Å². The van der Waals surface area contributed by atoms with E-state index in [2.05, 4.69) is 20.9 Å². The van der Waals surface area contributed by atoms with Crippen molar-refractivity contribution < 1.29 is 13.9 Å². The monoisotopic (exact) mass is 351 g/mol. The highest BCUT2D eigenvalue weighted by Crippen LogP contribution is 2.25. The number of esters is 1. The summed E-state index contributed by atoms with van der Waals surface area (Å²) in [4.78, 5) is 16.8. The highest BCUT2D eigenvalue weighted by atomic mass is 79.9. The van der Waals surface area contributed by atoms with Crippen LogP contribution >= 0.6 is 27.3 Å². The van der Waals surface area contributed by atoms with Crippen LogP contribution in [0.1, 0.15) is 10.4 Å². The quantitative estimate of drug-likeness (QED) is 0.606. The van der Waals surface area contributed by atoms with Gasteiger partial charge in [0.1, 0.15) is 5.82 Å². The Bertz CT molecular complexity index is 734. The molecule has 0 saturated heterocycles. The number of carbonyl (C=O) groups is 1. The zero-order chi connectivity index (χ0) is 14.1. The molecular formula is C14H7BrFNO2S. The van der Waals surface area contributed by atoms with Crippen molar-refractivity contribution in [3.05, 3.63) is 62.1 Å². The minimum atomic E-state index is -0.506. The third-order valence-electron chi connectivity index (χ3n) is 2.58. The van der Waals surface area contributed by atoms with Gasteiger partial charge in [0.05, 0.1) is 0 Å². The molecule has 0 N–H and O–H groups in total. The first-order valence-corrected chi connectivity index (χ1v) is 7.31. The first-order valence-electron chi connectivity index (χ1n) is 5.64. The van der Waals surface area contributed by atoms with E-state index in [0.29, 0.717) is 5.56 Å². The van der Waals surface area contributed by atoms with Crippen LogP contribution in [0.15, 0.2) is 50.9 Å². The Morgan fingerprint density at radius 3 is 2.70 bits per heavy atom. The summed E-state index contributed by atoms with van der Waals surface area (Å²) in [6.07, 6.45) is 1.66. The van der Waals surface area contributed by atoms with Crippen molar-refractivity contribution in [3.63, 3.8) is 0 Å². The Balaban J connectivity index is 1.92. The zero-order valence-electron chi connectivity index (χ0n) is 9.97. The molecule has 3 nitrogen and oxygen atoms in total. The lowest BCUT2D eigenvalue weighted by atomic mass is 10.2. The van der Waals surface area contributed by atoms with Crippen LogP contribution in [-0.4, -0.2) is 11.9 Å². The van der Waals surface area contributed by atoms with E-state index in [1.54, 1.807) is 6.08 Å². The van der Waals surface area contributed by atoms with Gasteiger partial charge in [-0.15, -0.1) is 11.3 Å². The van der Waals surface area contributed by atoms with Crippen molar-refractivity contribution in [2.24, 2.45) is 4.99 Å². The topological polar surface area (TPSA) is 38.7 Å². The van der Waals surface area contributed by atoms with Gasteiger partial charge < -0.3 is 4.74 Å². The number of ether oxygens (including phenoxy) is 1. The van der Waals surface area contributed by atoms with E-state index in [4.69, 9.17) is 4.74 Å². The highest BCUT2D eigenvalue weighted by molar-refractivity contribution is 9.10. The fourth-order valence-corrected chi connectivity index (χ4v) is 3.03. The second-order valence-electron chi connectivity index (χ2n) is 4.01. The molecule has 6 heteroatoms. The molecule has 0 amide bonds. The number of rotatable bonds is 2. The molecule has 0 fully saturated rings. The van der Waals surface area contributed by atoms with Crippen LogP contribution in [0, 0.1) is 5.82 Å². The van der Waals surface area contributed by atoms with Crippen molar-refractivity contribution >= 4 is 45.2 Å². The maximum absolute atomic E-state index is 12.9. The van der Waals surface area contributed by atoms with Crippen molar-refractivity contribution in [2.75, 3.05) is 0 Å². The summed E-state index contributed by atoms with van der Waals surface area (Å²) in [5, 5.41) is 1.91. The number of aliphatic imine (C=N–C) groups is 1. The van der Waals surface area contributed by atoms with E-state index in [1.807, 2.05) is 11.4 Å². The maximum atomic E-state index is 12.9. The molecular weight excluding hydrogens is 345 g/mol. The Hall–Kier alpha value is -1.79. The lowest BCUT2D eigenvalue weighted by Crippen LogP contribution is -2.05.